The lowest BCUT2D eigenvalue weighted by atomic mass is 10.3. The lowest BCUT2D eigenvalue weighted by molar-refractivity contribution is -0.144. The molecule has 1 aromatic carbocycles. The Bertz CT molecular complexity index is 475. The molecular weight excluding hydrogens is 197 g/mol. The van der Waals surface area contributed by atoms with Gasteiger partial charge in [0.05, 0.1) is 5.52 Å². The maximum atomic E-state index is 12.2. The summed E-state index contributed by atoms with van der Waals surface area (Å²) < 4.78 is 36.5. The Morgan fingerprint density at radius 3 is 2.57 bits per heavy atom. The fourth-order valence-electron chi connectivity index (χ4n) is 1.15. The molecule has 74 valence electrons. The number of H-pyrrole nitrogens is 1. The first-order chi connectivity index (χ1) is 6.48. The van der Waals surface area contributed by atoms with Crippen LogP contribution in [0, 0.1) is 0 Å². The van der Waals surface area contributed by atoms with Gasteiger partial charge in [-0.2, -0.15) is 13.2 Å². The zero-order valence-electron chi connectivity index (χ0n) is 6.76. The van der Waals surface area contributed by atoms with Crippen molar-refractivity contribution in [1.29, 1.82) is 0 Å². The standard InChI is InChI=1S/C8H5F3N2O/c9-8(10,11)7-12-4-2-1-3-5(14)6(4)13-7/h1-3,14H,(H,12,13). The summed E-state index contributed by atoms with van der Waals surface area (Å²) in [5.41, 5.74) is 0.0946. The largest absolute Gasteiger partial charge is 0.506 e. The van der Waals surface area contributed by atoms with Crippen molar-refractivity contribution in [2.24, 2.45) is 0 Å². The van der Waals surface area contributed by atoms with Crippen molar-refractivity contribution < 1.29 is 18.3 Å². The van der Waals surface area contributed by atoms with Crippen LogP contribution in [0.5, 0.6) is 5.75 Å². The van der Waals surface area contributed by atoms with E-state index in [1.54, 1.807) is 0 Å². The average molecular weight is 202 g/mol. The number of halogens is 3. The Morgan fingerprint density at radius 2 is 2.00 bits per heavy atom. The van der Waals surface area contributed by atoms with Crippen molar-refractivity contribution >= 4 is 11.0 Å². The highest BCUT2D eigenvalue weighted by atomic mass is 19.4. The van der Waals surface area contributed by atoms with Crippen LogP contribution in [0.25, 0.3) is 11.0 Å². The molecule has 0 amide bonds. The first-order valence-corrected chi connectivity index (χ1v) is 3.73. The van der Waals surface area contributed by atoms with E-state index in [9.17, 15) is 18.3 Å². The SMILES string of the molecule is Oc1cccc2[nH]c(C(F)(F)F)nc12. The van der Waals surface area contributed by atoms with Gasteiger partial charge in [-0.15, -0.1) is 0 Å². The number of rotatable bonds is 0. The predicted molar refractivity (Wildman–Crippen MR) is 42.8 cm³/mol. The van der Waals surface area contributed by atoms with Crippen molar-refractivity contribution in [3.8, 4) is 5.75 Å². The van der Waals surface area contributed by atoms with Gasteiger partial charge in [0.1, 0.15) is 11.3 Å². The number of aromatic amines is 1. The number of hydrogen-bond donors (Lipinski definition) is 2. The summed E-state index contributed by atoms with van der Waals surface area (Å²) in [6.07, 6.45) is -4.52. The number of phenols is 1. The van der Waals surface area contributed by atoms with Crippen molar-refractivity contribution in [1.82, 2.24) is 9.97 Å². The number of phenolic OH excluding ortho intramolecular Hbond substituents is 1. The number of nitrogens with one attached hydrogen (secondary N) is 1. The van der Waals surface area contributed by atoms with Gasteiger partial charge in [0, 0.05) is 0 Å². The number of fused-ring (bicyclic) bond motifs is 1. The van der Waals surface area contributed by atoms with Crippen LogP contribution >= 0.6 is 0 Å². The van der Waals surface area contributed by atoms with E-state index in [2.05, 4.69) is 9.97 Å². The number of alkyl halides is 3. The smallest absolute Gasteiger partial charge is 0.449 e. The van der Waals surface area contributed by atoms with Gasteiger partial charge >= 0.3 is 6.18 Å². The van der Waals surface area contributed by atoms with E-state index in [1.807, 2.05) is 0 Å². The molecule has 0 unspecified atom stereocenters. The molecule has 1 aromatic heterocycles. The molecule has 0 atom stereocenters. The van der Waals surface area contributed by atoms with Crippen molar-refractivity contribution in [2.75, 3.05) is 0 Å². The van der Waals surface area contributed by atoms with E-state index in [4.69, 9.17) is 0 Å². The fourth-order valence-corrected chi connectivity index (χ4v) is 1.15. The summed E-state index contributed by atoms with van der Waals surface area (Å²) in [6.45, 7) is 0. The van der Waals surface area contributed by atoms with Gasteiger partial charge in [0.15, 0.2) is 0 Å². The van der Waals surface area contributed by atoms with Gasteiger partial charge in [-0.1, -0.05) is 6.07 Å². The Balaban J connectivity index is 2.69. The number of nitrogens with zero attached hydrogens (tertiary/aromatic N) is 1. The number of aromatic nitrogens is 2. The summed E-state index contributed by atoms with van der Waals surface area (Å²) >= 11 is 0. The third kappa shape index (κ3) is 1.28. The van der Waals surface area contributed by atoms with Crippen LogP contribution in [0.15, 0.2) is 18.2 Å². The van der Waals surface area contributed by atoms with E-state index in [1.165, 1.54) is 18.2 Å². The van der Waals surface area contributed by atoms with E-state index in [-0.39, 0.29) is 16.8 Å². The maximum absolute atomic E-state index is 12.2. The minimum Gasteiger partial charge on any atom is -0.506 e. The molecule has 2 rings (SSSR count). The highest BCUT2D eigenvalue weighted by Gasteiger charge is 2.34. The normalized spacial score (nSPS) is 12.2. The molecule has 2 aromatic rings. The van der Waals surface area contributed by atoms with Crippen molar-refractivity contribution in [3.63, 3.8) is 0 Å². The molecule has 0 saturated carbocycles. The second kappa shape index (κ2) is 2.63. The van der Waals surface area contributed by atoms with Crippen molar-refractivity contribution in [3.05, 3.63) is 24.0 Å². The van der Waals surface area contributed by atoms with E-state index in [0.717, 1.165) is 0 Å². The molecule has 3 nitrogen and oxygen atoms in total. The minimum absolute atomic E-state index is 0.0696. The van der Waals surface area contributed by atoms with Gasteiger partial charge in [0.25, 0.3) is 0 Å². The van der Waals surface area contributed by atoms with Crippen LogP contribution in [0.2, 0.25) is 0 Å². The Labute approximate surface area is 76.2 Å². The van der Waals surface area contributed by atoms with Crippen LogP contribution in [0.4, 0.5) is 13.2 Å². The highest BCUT2D eigenvalue weighted by molar-refractivity contribution is 5.81. The van der Waals surface area contributed by atoms with Crippen LogP contribution in [-0.2, 0) is 6.18 Å². The molecule has 0 aliphatic rings. The summed E-state index contributed by atoms with van der Waals surface area (Å²) in [6, 6.07) is 4.14. The summed E-state index contributed by atoms with van der Waals surface area (Å²) in [7, 11) is 0. The Hall–Kier alpha value is -1.72. The molecule has 0 fully saturated rings. The second-order valence-corrected chi connectivity index (χ2v) is 2.76. The van der Waals surface area contributed by atoms with Gasteiger partial charge < -0.3 is 10.1 Å². The first-order valence-electron chi connectivity index (χ1n) is 3.73. The Kier molecular flexibility index (Phi) is 1.67. The molecule has 6 heteroatoms. The lowest BCUT2D eigenvalue weighted by Gasteiger charge is -1.98. The quantitative estimate of drug-likeness (QED) is 0.688. The van der Waals surface area contributed by atoms with Crippen LogP contribution < -0.4 is 0 Å². The molecule has 0 aliphatic heterocycles. The second-order valence-electron chi connectivity index (χ2n) is 2.76. The van der Waals surface area contributed by atoms with E-state index in [0.29, 0.717) is 0 Å². The number of hydrogen-bond acceptors (Lipinski definition) is 2. The third-order valence-electron chi connectivity index (χ3n) is 1.76. The third-order valence-corrected chi connectivity index (χ3v) is 1.76. The zero-order chi connectivity index (χ0) is 10.3. The van der Waals surface area contributed by atoms with Crippen LogP contribution in [0.1, 0.15) is 5.82 Å². The lowest BCUT2D eigenvalue weighted by Crippen LogP contribution is -2.06. The van der Waals surface area contributed by atoms with Gasteiger partial charge in [0.2, 0.25) is 5.82 Å². The summed E-state index contributed by atoms with van der Waals surface area (Å²) in [4.78, 5) is 5.33. The highest BCUT2D eigenvalue weighted by Crippen LogP contribution is 2.30. The maximum Gasteiger partial charge on any atom is 0.449 e. The minimum atomic E-state index is -4.52. The zero-order valence-corrected chi connectivity index (χ0v) is 6.76. The van der Waals surface area contributed by atoms with E-state index < -0.39 is 12.0 Å². The molecule has 0 saturated heterocycles. The number of imidazole rings is 1. The van der Waals surface area contributed by atoms with Gasteiger partial charge in [-0.05, 0) is 12.1 Å². The monoisotopic (exact) mass is 202 g/mol. The van der Waals surface area contributed by atoms with Crippen molar-refractivity contribution in [2.45, 2.75) is 6.18 Å². The number of para-hydroxylation sites is 1. The summed E-state index contributed by atoms with van der Waals surface area (Å²) in [5.74, 6) is -1.37. The number of benzene rings is 1. The van der Waals surface area contributed by atoms with Crippen LogP contribution in [-0.4, -0.2) is 15.1 Å². The first kappa shape index (κ1) is 8.86. The molecule has 14 heavy (non-hydrogen) atoms. The van der Waals surface area contributed by atoms with Crippen LogP contribution in [0.3, 0.4) is 0 Å². The fraction of sp³-hybridized carbons (Fsp3) is 0.125. The molecule has 1 heterocycles. The molecule has 2 N–H and O–H groups in total. The Morgan fingerprint density at radius 1 is 1.29 bits per heavy atom. The summed E-state index contributed by atoms with van der Waals surface area (Å²) in [5, 5.41) is 9.20. The average Bonchev–Trinajstić information content (AvgIpc) is 2.48. The molecule has 0 spiro atoms. The van der Waals surface area contributed by atoms with Gasteiger partial charge in [-0.3, -0.25) is 0 Å². The molecule has 0 radical (unpaired) electrons. The number of aromatic hydroxyl groups is 1. The topological polar surface area (TPSA) is 48.9 Å². The van der Waals surface area contributed by atoms with E-state index >= 15 is 0 Å². The molecule has 0 aliphatic carbocycles. The predicted octanol–water partition coefficient (Wildman–Crippen LogP) is 2.29. The van der Waals surface area contributed by atoms with Gasteiger partial charge in [-0.25, -0.2) is 4.98 Å². The molecular formula is C8H5F3N2O. The molecule has 0 bridgehead atoms.